The number of anilines is 2. The fourth-order valence-corrected chi connectivity index (χ4v) is 3.25. The standard InChI is InChI=1S/C22H21ClN6O/c1-24-12-13-25-21(30)15-8-10-18(11-9-15)26-22-27-20-7-3-6-19(29(20)28-22)16-4-2-5-17(23)14-16/h2-11,14,24H,12-13H2,1H3,(H,25,30)(H,26,28). The number of rotatable bonds is 7. The first-order chi connectivity index (χ1) is 14.6. The Morgan fingerprint density at radius 1 is 1.03 bits per heavy atom. The van der Waals surface area contributed by atoms with Gasteiger partial charge in [0, 0.05) is 34.9 Å². The molecular weight excluding hydrogens is 400 g/mol. The first-order valence-electron chi connectivity index (χ1n) is 9.55. The maximum atomic E-state index is 12.1. The normalized spacial score (nSPS) is 10.9. The Labute approximate surface area is 179 Å². The first-order valence-corrected chi connectivity index (χ1v) is 9.93. The van der Waals surface area contributed by atoms with Crippen LogP contribution in [0.15, 0.2) is 66.7 Å². The molecule has 0 saturated heterocycles. The molecule has 0 aliphatic rings. The van der Waals surface area contributed by atoms with Crippen LogP contribution in [0.5, 0.6) is 0 Å². The fraction of sp³-hybridized carbons (Fsp3) is 0.136. The SMILES string of the molecule is CNCCNC(=O)c1ccc(Nc2nc3cccc(-c4cccc(Cl)c4)n3n2)cc1. The van der Waals surface area contributed by atoms with Gasteiger partial charge in [-0.2, -0.15) is 4.98 Å². The number of hydrogen-bond acceptors (Lipinski definition) is 5. The van der Waals surface area contributed by atoms with Gasteiger partial charge in [-0.3, -0.25) is 4.79 Å². The van der Waals surface area contributed by atoms with Crippen molar-refractivity contribution in [2.24, 2.45) is 0 Å². The van der Waals surface area contributed by atoms with Crippen molar-refractivity contribution in [3.63, 3.8) is 0 Å². The molecule has 8 heteroatoms. The smallest absolute Gasteiger partial charge is 0.251 e. The summed E-state index contributed by atoms with van der Waals surface area (Å²) in [5, 5.41) is 14.3. The highest BCUT2D eigenvalue weighted by Crippen LogP contribution is 2.24. The van der Waals surface area contributed by atoms with Crippen LogP contribution in [-0.2, 0) is 0 Å². The summed E-state index contributed by atoms with van der Waals surface area (Å²) in [5.74, 6) is 0.365. The van der Waals surface area contributed by atoms with Crippen molar-refractivity contribution in [3.05, 3.63) is 77.3 Å². The minimum absolute atomic E-state index is 0.103. The van der Waals surface area contributed by atoms with Crippen molar-refractivity contribution in [2.75, 3.05) is 25.5 Å². The quantitative estimate of drug-likeness (QED) is 0.397. The number of nitrogens with zero attached hydrogens (tertiary/aromatic N) is 3. The molecule has 30 heavy (non-hydrogen) atoms. The Morgan fingerprint density at radius 3 is 2.60 bits per heavy atom. The first kappa shape index (κ1) is 19.9. The van der Waals surface area contributed by atoms with Gasteiger partial charge in [-0.15, -0.1) is 5.10 Å². The number of amides is 1. The molecule has 0 bridgehead atoms. The van der Waals surface area contributed by atoms with Crippen LogP contribution in [0.3, 0.4) is 0 Å². The second-order valence-electron chi connectivity index (χ2n) is 6.69. The van der Waals surface area contributed by atoms with Crippen LogP contribution >= 0.6 is 11.6 Å². The number of carbonyl (C=O) groups excluding carboxylic acids is 1. The van der Waals surface area contributed by atoms with Crippen LogP contribution in [0, 0.1) is 0 Å². The lowest BCUT2D eigenvalue weighted by Crippen LogP contribution is -2.30. The van der Waals surface area contributed by atoms with Gasteiger partial charge >= 0.3 is 0 Å². The van der Waals surface area contributed by atoms with Crippen LogP contribution < -0.4 is 16.0 Å². The van der Waals surface area contributed by atoms with Gasteiger partial charge in [0.15, 0.2) is 5.65 Å². The van der Waals surface area contributed by atoms with Gasteiger partial charge in [0.2, 0.25) is 5.95 Å². The molecule has 0 aliphatic heterocycles. The van der Waals surface area contributed by atoms with Gasteiger partial charge in [0.05, 0.1) is 5.69 Å². The Balaban J connectivity index is 1.53. The number of aromatic nitrogens is 3. The van der Waals surface area contributed by atoms with Gasteiger partial charge < -0.3 is 16.0 Å². The maximum Gasteiger partial charge on any atom is 0.251 e. The fourth-order valence-electron chi connectivity index (χ4n) is 3.06. The van der Waals surface area contributed by atoms with E-state index in [0.29, 0.717) is 23.1 Å². The Bertz CT molecular complexity index is 1170. The Hall–Kier alpha value is -3.42. The second-order valence-corrected chi connectivity index (χ2v) is 7.13. The zero-order chi connectivity index (χ0) is 20.9. The van der Waals surface area contributed by atoms with Crippen LogP contribution in [0.25, 0.3) is 16.9 Å². The monoisotopic (exact) mass is 420 g/mol. The van der Waals surface area contributed by atoms with Gasteiger partial charge in [-0.1, -0.05) is 29.8 Å². The molecular formula is C22H21ClN6O. The molecule has 0 spiro atoms. The highest BCUT2D eigenvalue weighted by Gasteiger charge is 2.10. The molecule has 0 atom stereocenters. The molecule has 0 saturated carbocycles. The summed E-state index contributed by atoms with van der Waals surface area (Å²) >= 11 is 6.14. The number of fused-ring (bicyclic) bond motifs is 1. The van der Waals surface area contributed by atoms with E-state index in [1.54, 1.807) is 16.6 Å². The number of carbonyl (C=O) groups is 1. The van der Waals surface area contributed by atoms with E-state index in [-0.39, 0.29) is 5.91 Å². The van der Waals surface area contributed by atoms with E-state index in [1.807, 2.05) is 61.6 Å². The predicted molar refractivity (Wildman–Crippen MR) is 119 cm³/mol. The van der Waals surface area contributed by atoms with Crippen LogP contribution in [0.1, 0.15) is 10.4 Å². The van der Waals surface area contributed by atoms with E-state index in [0.717, 1.165) is 29.1 Å². The van der Waals surface area contributed by atoms with Crippen molar-refractivity contribution in [1.82, 2.24) is 25.2 Å². The number of hydrogen-bond donors (Lipinski definition) is 3. The summed E-state index contributed by atoms with van der Waals surface area (Å²) in [6, 6.07) is 20.6. The minimum atomic E-state index is -0.103. The number of likely N-dealkylation sites (N-methyl/N-ethyl adjacent to an activating group) is 1. The summed E-state index contributed by atoms with van der Waals surface area (Å²) in [4.78, 5) is 16.7. The van der Waals surface area contributed by atoms with Gasteiger partial charge in [-0.25, -0.2) is 4.52 Å². The number of pyridine rings is 1. The van der Waals surface area contributed by atoms with Crippen molar-refractivity contribution >= 4 is 34.8 Å². The van der Waals surface area contributed by atoms with Crippen LogP contribution in [0.4, 0.5) is 11.6 Å². The van der Waals surface area contributed by atoms with Crippen molar-refractivity contribution in [1.29, 1.82) is 0 Å². The molecule has 7 nitrogen and oxygen atoms in total. The van der Waals surface area contributed by atoms with Crippen molar-refractivity contribution in [2.45, 2.75) is 0 Å². The lowest BCUT2D eigenvalue weighted by atomic mass is 10.1. The molecule has 2 aromatic heterocycles. The molecule has 4 rings (SSSR count). The third kappa shape index (κ3) is 4.42. The number of halogens is 1. The third-order valence-corrected chi connectivity index (χ3v) is 4.78. The lowest BCUT2D eigenvalue weighted by Gasteiger charge is -2.06. The molecule has 0 aliphatic carbocycles. The predicted octanol–water partition coefficient (Wildman–Crippen LogP) is 3.74. The van der Waals surface area contributed by atoms with E-state index < -0.39 is 0 Å². The summed E-state index contributed by atoms with van der Waals surface area (Å²) in [6.45, 7) is 1.30. The van der Waals surface area contributed by atoms with E-state index >= 15 is 0 Å². The highest BCUT2D eigenvalue weighted by atomic mass is 35.5. The number of benzene rings is 2. The largest absolute Gasteiger partial charge is 0.351 e. The van der Waals surface area contributed by atoms with E-state index in [4.69, 9.17) is 11.6 Å². The second kappa shape index (κ2) is 8.94. The zero-order valence-corrected chi connectivity index (χ0v) is 17.1. The van der Waals surface area contributed by atoms with E-state index in [9.17, 15) is 4.79 Å². The molecule has 2 aromatic carbocycles. The maximum absolute atomic E-state index is 12.1. The zero-order valence-electron chi connectivity index (χ0n) is 16.4. The van der Waals surface area contributed by atoms with E-state index in [2.05, 4.69) is 26.0 Å². The molecule has 2 heterocycles. The molecule has 0 radical (unpaired) electrons. The summed E-state index contributed by atoms with van der Waals surface area (Å²) < 4.78 is 1.78. The van der Waals surface area contributed by atoms with Crippen LogP contribution in [0.2, 0.25) is 5.02 Å². The molecule has 4 aromatic rings. The molecule has 0 fully saturated rings. The molecule has 1 amide bonds. The number of nitrogens with one attached hydrogen (secondary N) is 3. The topological polar surface area (TPSA) is 83.3 Å². The average Bonchev–Trinajstić information content (AvgIpc) is 3.17. The lowest BCUT2D eigenvalue weighted by molar-refractivity contribution is 0.0954. The van der Waals surface area contributed by atoms with E-state index in [1.165, 1.54) is 0 Å². The van der Waals surface area contributed by atoms with Crippen molar-refractivity contribution in [3.8, 4) is 11.3 Å². The van der Waals surface area contributed by atoms with Gasteiger partial charge in [0.1, 0.15) is 0 Å². The van der Waals surface area contributed by atoms with Gasteiger partial charge in [-0.05, 0) is 55.6 Å². The van der Waals surface area contributed by atoms with Crippen molar-refractivity contribution < 1.29 is 4.79 Å². The van der Waals surface area contributed by atoms with Crippen LogP contribution in [-0.4, -0.2) is 40.6 Å². The molecule has 3 N–H and O–H groups in total. The Morgan fingerprint density at radius 2 is 1.83 bits per heavy atom. The Kier molecular flexibility index (Phi) is 5.92. The van der Waals surface area contributed by atoms with Gasteiger partial charge in [0.25, 0.3) is 5.91 Å². The minimum Gasteiger partial charge on any atom is -0.351 e. The highest BCUT2D eigenvalue weighted by molar-refractivity contribution is 6.30. The molecule has 152 valence electrons. The summed E-state index contributed by atoms with van der Waals surface area (Å²) in [6.07, 6.45) is 0. The third-order valence-electron chi connectivity index (χ3n) is 4.54. The summed E-state index contributed by atoms with van der Waals surface area (Å²) in [5.41, 5.74) is 3.96. The molecule has 0 unspecified atom stereocenters. The average molecular weight is 421 g/mol. The summed E-state index contributed by atoms with van der Waals surface area (Å²) in [7, 11) is 1.85.